The summed E-state index contributed by atoms with van der Waals surface area (Å²) in [5.74, 6) is 0. The Morgan fingerprint density at radius 3 is 1.91 bits per heavy atom. The topological polar surface area (TPSA) is 81.4 Å². The minimum atomic E-state index is -3.71. The van der Waals surface area contributed by atoms with Crippen molar-refractivity contribution in [1.82, 2.24) is 13.4 Å². The molecule has 0 N–H and O–H groups in total. The van der Waals surface area contributed by atoms with Crippen molar-refractivity contribution in [1.29, 1.82) is 0 Å². The molecule has 2 aromatic carbocycles. The number of fused-ring (bicyclic) bond motifs is 1. The number of hydrogen-bond donors (Lipinski definition) is 0. The summed E-state index contributed by atoms with van der Waals surface area (Å²) in [4.78, 5) is 26.1. The SMILES string of the molecule is CCn1c(=O)c(=O)n(Cc2c(C)cc(C(C)(C)C)cc2C)c2cc(S(=O)(=O)N(C)C)ccc21. The summed E-state index contributed by atoms with van der Waals surface area (Å²) in [5.41, 5.74) is 3.84. The van der Waals surface area contributed by atoms with Crippen molar-refractivity contribution in [3.05, 3.63) is 73.3 Å². The van der Waals surface area contributed by atoms with Crippen molar-refractivity contribution in [2.24, 2.45) is 0 Å². The second kappa shape index (κ2) is 8.57. The summed E-state index contributed by atoms with van der Waals surface area (Å²) in [7, 11) is -0.786. The first kappa shape index (κ1) is 24.9. The van der Waals surface area contributed by atoms with Gasteiger partial charge in [0.1, 0.15) is 0 Å². The molecule has 0 aliphatic heterocycles. The largest absolute Gasteiger partial charge is 0.317 e. The Labute approximate surface area is 195 Å². The molecule has 0 aliphatic rings. The number of nitrogens with zero attached hydrogens (tertiary/aromatic N) is 3. The van der Waals surface area contributed by atoms with E-state index in [1.165, 1.54) is 40.9 Å². The predicted octanol–water partition coefficient (Wildman–Crippen LogP) is 3.40. The maximum Gasteiger partial charge on any atom is 0.317 e. The Morgan fingerprint density at radius 2 is 1.42 bits per heavy atom. The minimum Gasteiger partial charge on any atom is -0.302 e. The van der Waals surface area contributed by atoms with Crippen LogP contribution in [0.4, 0.5) is 0 Å². The Morgan fingerprint density at radius 1 is 0.879 bits per heavy atom. The van der Waals surface area contributed by atoms with Gasteiger partial charge in [0.05, 0.1) is 22.5 Å². The van der Waals surface area contributed by atoms with Crippen LogP contribution in [0.3, 0.4) is 0 Å². The van der Waals surface area contributed by atoms with Crippen molar-refractivity contribution < 1.29 is 8.42 Å². The molecule has 0 radical (unpaired) electrons. The molecule has 0 saturated carbocycles. The highest BCUT2D eigenvalue weighted by atomic mass is 32.2. The summed E-state index contributed by atoms with van der Waals surface area (Å²) in [6, 6.07) is 8.81. The Kier molecular flexibility index (Phi) is 6.47. The molecule has 1 aromatic heterocycles. The summed E-state index contributed by atoms with van der Waals surface area (Å²) in [6.07, 6.45) is 0. The average Bonchev–Trinajstić information content (AvgIpc) is 2.72. The van der Waals surface area contributed by atoms with Crippen molar-refractivity contribution >= 4 is 21.1 Å². The van der Waals surface area contributed by atoms with Crippen LogP contribution in [0.5, 0.6) is 0 Å². The quantitative estimate of drug-likeness (QED) is 0.534. The zero-order valence-electron chi connectivity index (χ0n) is 20.7. The fraction of sp³-hybridized carbons (Fsp3) is 0.440. The van der Waals surface area contributed by atoms with Crippen LogP contribution in [0.1, 0.15) is 49.9 Å². The summed E-state index contributed by atoms with van der Waals surface area (Å²) in [6.45, 7) is 12.7. The molecule has 33 heavy (non-hydrogen) atoms. The highest BCUT2D eigenvalue weighted by molar-refractivity contribution is 7.89. The molecule has 0 bridgehead atoms. The third-order valence-corrected chi connectivity index (χ3v) is 7.99. The van der Waals surface area contributed by atoms with Crippen molar-refractivity contribution in [2.45, 2.75) is 64.9 Å². The van der Waals surface area contributed by atoms with Gasteiger partial charge in [0, 0.05) is 20.6 Å². The molecule has 8 heteroatoms. The van der Waals surface area contributed by atoms with Crippen LogP contribution in [0.2, 0.25) is 0 Å². The van der Waals surface area contributed by atoms with Gasteiger partial charge in [0.25, 0.3) is 0 Å². The fourth-order valence-corrected chi connectivity index (χ4v) is 5.00. The standard InChI is InChI=1S/C25H33N3O4S/c1-9-27-21-11-10-19(33(31,32)26(7)8)14-22(21)28(24(30)23(27)29)15-20-16(2)12-18(13-17(20)3)25(4,5)6/h10-14H,9,15H2,1-8H3. The smallest absolute Gasteiger partial charge is 0.302 e. The van der Waals surface area contributed by atoms with Gasteiger partial charge in [-0.1, -0.05) is 32.9 Å². The highest BCUT2D eigenvalue weighted by Crippen LogP contribution is 2.28. The normalized spacial score (nSPS) is 12.6. The number of aromatic nitrogens is 2. The van der Waals surface area contributed by atoms with Gasteiger partial charge in [-0.05, 0) is 66.6 Å². The lowest BCUT2D eigenvalue weighted by molar-refractivity contribution is 0.520. The van der Waals surface area contributed by atoms with E-state index in [0.29, 0.717) is 17.6 Å². The third-order valence-electron chi connectivity index (χ3n) is 6.17. The van der Waals surface area contributed by atoms with E-state index < -0.39 is 21.1 Å². The van der Waals surface area contributed by atoms with Crippen LogP contribution in [0, 0.1) is 13.8 Å². The molecule has 0 fully saturated rings. The van der Waals surface area contributed by atoms with Gasteiger partial charge in [-0.2, -0.15) is 0 Å². The third kappa shape index (κ3) is 4.42. The van der Waals surface area contributed by atoms with Gasteiger partial charge in [-0.25, -0.2) is 12.7 Å². The van der Waals surface area contributed by atoms with E-state index in [1.807, 2.05) is 13.8 Å². The second-order valence-electron chi connectivity index (χ2n) is 9.72. The lowest BCUT2D eigenvalue weighted by Crippen LogP contribution is -2.41. The molecule has 0 atom stereocenters. The van der Waals surface area contributed by atoms with Gasteiger partial charge in [-0.15, -0.1) is 0 Å². The van der Waals surface area contributed by atoms with E-state index in [9.17, 15) is 18.0 Å². The van der Waals surface area contributed by atoms with E-state index in [2.05, 4.69) is 32.9 Å². The lowest BCUT2D eigenvalue weighted by atomic mass is 9.84. The van der Waals surface area contributed by atoms with Gasteiger partial charge in [-0.3, -0.25) is 14.2 Å². The van der Waals surface area contributed by atoms with Crippen LogP contribution in [0.15, 0.2) is 44.8 Å². The molecule has 0 aliphatic carbocycles. The van der Waals surface area contributed by atoms with Crippen molar-refractivity contribution in [3.63, 3.8) is 0 Å². The summed E-state index contributed by atoms with van der Waals surface area (Å²) in [5, 5.41) is 0. The first-order valence-corrected chi connectivity index (χ1v) is 12.4. The number of aryl methyl sites for hydroxylation is 3. The van der Waals surface area contributed by atoms with Gasteiger partial charge >= 0.3 is 11.1 Å². The molecule has 3 aromatic rings. The molecule has 3 rings (SSSR count). The monoisotopic (exact) mass is 471 g/mol. The van der Waals surface area contributed by atoms with E-state index in [1.54, 1.807) is 13.0 Å². The maximum absolute atomic E-state index is 13.2. The zero-order valence-corrected chi connectivity index (χ0v) is 21.5. The van der Waals surface area contributed by atoms with Crippen LogP contribution >= 0.6 is 0 Å². The van der Waals surface area contributed by atoms with Crippen LogP contribution in [0.25, 0.3) is 11.0 Å². The fourth-order valence-electron chi connectivity index (χ4n) is 4.07. The molecule has 1 heterocycles. The molecule has 178 valence electrons. The maximum atomic E-state index is 13.2. The van der Waals surface area contributed by atoms with E-state index in [-0.39, 0.29) is 16.9 Å². The van der Waals surface area contributed by atoms with Crippen LogP contribution in [-0.2, 0) is 28.5 Å². The van der Waals surface area contributed by atoms with E-state index in [0.717, 1.165) is 21.0 Å². The molecule has 0 amide bonds. The Hall–Kier alpha value is -2.71. The van der Waals surface area contributed by atoms with Crippen LogP contribution in [-0.4, -0.2) is 36.0 Å². The Balaban J connectivity index is 2.34. The number of hydrogen-bond acceptors (Lipinski definition) is 4. The Bertz CT molecular complexity index is 1430. The van der Waals surface area contributed by atoms with Crippen molar-refractivity contribution in [2.75, 3.05) is 14.1 Å². The molecule has 0 unspecified atom stereocenters. The first-order chi connectivity index (χ1) is 15.2. The minimum absolute atomic E-state index is 0.0192. The zero-order chi connectivity index (χ0) is 24.9. The number of benzene rings is 2. The second-order valence-corrected chi connectivity index (χ2v) is 11.9. The van der Waals surface area contributed by atoms with E-state index in [4.69, 9.17) is 0 Å². The van der Waals surface area contributed by atoms with Gasteiger partial charge in [0.15, 0.2) is 0 Å². The highest BCUT2D eigenvalue weighted by Gasteiger charge is 2.22. The number of sulfonamides is 1. The van der Waals surface area contributed by atoms with Gasteiger partial charge in [0.2, 0.25) is 10.0 Å². The number of rotatable bonds is 5. The van der Waals surface area contributed by atoms with Crippen molar-refractivity contribution in [3.8, 4) is 0 Å². The van der Waals surface area contributed by atoms with Crippen LogP contribution < -0.4 is 11.1 Å². The molecule has 0 spiro atoms. The summed E-state index contributed by atoms with van der Waals surface area (Å²) >= 11 is 0. The lowest BCUT2D eigenvalue weighted by Gasteiger charge is -2.23. The van der Waals surface area contributed by atoms with E-state index >= 15 is 0 Å². The predicted molar refractivity (Wildman–Crippen MR) is 133 cm³/mol. The average molecular weight is 472 g/mol. The van der Waals surface area contributed by atoms with Gasteiger partial charge < -0.3 is 4.57 Å². The molecular weight excluding hydrogens is 438 g/mol. The first-order valence-electron chi connectivity index (χ1n) is 11.0. The molecule has 7 nitrogen and oxygen atoms in total. The molecular formula is C25H33N3O4S. The summed E-state index contributed by atoms with van der Waals surface area (Å²) < 4.78 is 29.5. The molecule has 0 saturated heterocycles.